The lowest BCUT2D eigenvalue weighted by Crippen LogP contribution is -2.19. The molecule has 5 nitrogen and oxygen atoms in total. The van der Waals surface area contributed by atoms with Crippen LogP contribution in [-0.4, -0.2) is 51.0 Å². The van der Waals surface area contributed by atoms with Crippen LogP contribution in [-0.2, 0) is 19.0 Å². The zero-order valence-corrected chi connectivity index (χ0v) is 8.07. The van der Waals surface area contributed by atoms with Crippen molar-refractivity contribution in [1.82, 2.24) is 0 Å². The summed E-state index contributed by atoms with van der Waals surface area (Å²) in [7, 11) is 1.56. The summed E-state index contributed by atoms with van der Waals surface area (Å²) in [6.07, 6.45) is -1.79. The summed E-state index contributed by atoms with van der Waals surface area (Å²) in [5, 5.41) is 8.11. The molecule has 0 fully saturated rings. The Bertz CT molecular complexity index is 153. The molecular formula is C8H15FO5. The fourth-order valence-electron chi connectivity index (χ4n) is 0.663. The van der Waals surface area contributed by atoms with Gasteiger partial charge >= 0.3 is 5.97 Å². The van der Waals surface area contributed by atoms with Gasteiger partial charge in [-0.25, -0.2) is 9.18 Å². The number of carboxylic acids is 1. The lowest BCUT2D eigenvalue weighted by Gasteiger charge is -2.05. The highest BCUT2D eigenvalue weighted by Crippen LogP contribution is 1.95. The number of halogens is 1. The number of alkyl halides is 1. The Kier molecular flexibility index (Phi) is 8.40. The molecule has 14 heavy (non-hydrogen) atoms. The molecule has 84 valence electrons. The van der Waals surface area contributed by atoms with Crippen LogP contribution in [0.4, 0.5) is 4.39 Å². The number of ether oxygens (including phenoxy) is 3. The van der Waals surface area contributed by atoms with Crippen molar-refractivity contribution in [2.75, 3.05) is 33.5 Å². The zero-order valence-electron chi connectivity index (χ0n) is 8.07. The predicted octanol–water partition coefficient (Wildman–Crippen LogP) is 0.436. The van der Waals surface area contributed by atoms with E-state index in [0.717, 1.165) is 0 Å². The fourth-order valence-corrected chi connectivity index (χ4v) is 0.663. The third-order valence-corrected chi connectivity index (χ3v) is 1.32. The number of hydrogen-bond acceptors (Lipinski definition) is 4. The van der Waals surface area contributed by atoms with Crippen LogP contribution in [0.3, 0.4) is 0 Å². The maximum atomic E-state index is 12.3. The molecule has 0 rings (SSSR count). The number of rotatable bonds is 9. The molecule has 0 aliphatic heterocycles. The number of carboxylic acid groups (broad SMARTS) is 1. The smallest absolute Gasteiger partial charge is 0.366 e. The Morgan fingerprint density at radius 3 is 2.64 bits per heavy atom. The van der Waals surface area contributed by atoms with Crippen LogP contribution in [0.25, 0.3) is 0 Å². The van der Waals surface area contributed by atoms with Gasteiger partial charge in [-0.1, -0.05) is 0 Å². The third-order valence-electron chi connectivity index (χ3n) is 1.32. The molecule has 0 amide bonds. The minimum absolute atomic E-state index is 0.0282. The molecule has 0 bridgehead atoms. The summed E-state index contributed by atoms with van der Waals surface area (Å²) in [5.41, 5.74) is 0. The first-order valence-electron chi connectivity index (χ1n) is 4.23. The summed E-state index contributed by atoms with van der Waals surface area (Å²) >= 11 is 0. The van der Waals surface area contributed by atoms with Gasteiger partial charge in [-0.3, -0.25) is 0 Å². The van der Waals surface area contributed by atoms with Crippen molar-refractivity contribution in [2.24, 2.45) is 0 Å². The molecule has 0 aliphatic carbocycles. The Balaban J connectivity index is 3.09. The Labute approximate surface area is 81.8 Å². The number of methoxy groups -OCH3 is 1. The monoisotopic (exact) mass is 210 g/mol. The quantitative estimate of drug-likeness (QED) is 0.559. The molecule has 0 saturated heterocycles. The standard InChI is InChI=1S/C8H15FO5/c1-12-5-6-13-3-2-4-14-7(9)8(10)11/h7H,2-6H2,1H3,(H,10,11). The van der Waals surface area contributed by atoms with Crippen LogP contribution >= 0.6 is 0 Å². The molecule has 0 aromatic carbocycles. The van der Waals surface area contributed by atoms with Crippen LogP contribution < -0.4 is 0 Å². The minimum Gasteiger partial charge on any atom is -0.477 e. The summed E-state index contributed by atoms with van der Waals surface area (Å²) < 4.78 is 26.4. The van der Waals surface area contributed by atoms with E-state index in [1.54, 1.807) is 7.11 Å². The second-order valence-electron chi connectivity index (χ2n) is 2.48. The van der Waals surface area contributed by atoms with Crippen LogP contribution in [0, 0.1) is 0 Å². The third kappa shape index (κ3) is 7.90. The summed E-state index contributed by atoms with van der Waals surface area (Å²) in [6.45, 7) is 1.40. The van der Waals surface area contributed by atoms with Gasteiger partial charge < -0.3 is 19.3 Å². The van der Waals surface area contributed by atoms with E-state index in [1.807, 2.05) is 0 Å². The van der Waals surface area contributed by atoms with Gasteiger partial charge in [-0.15, -0.1) is 0 Å². The normalized spacial score (nSPS) is 12.7. The second-order valence-corrected chi connectivity index (χ2v) is 2.48. The van der Waals surface area contributed by atoms with Crippen molar-refractivity contribution in [3.63, 3.8) is 0 Å². The van der Waals surface area contributed by atoms with Gasteiger partial charge in [-0.2, -0.15) is 0 Å². The van der Waals surface area contributed by atoms with Gasteiger partial charge in [0.05, 0.1) is 19.8 Å². The molecule has 0 heterocycles. The van der Waals surface area contributed by atoms with Crippen LogP contribution in [0.5, 0.6) is 0 Å². The fraction of sp³-hybridized carbons (Fsp3) is 0.875. The van der Waals surface area contributed by atoms with Gasteiger partial charge in [0.25, 0.3) is 6.36 Å². The van der Waals surface area contributed by atoms with Crippen molar-refractivity contribution in [3.8, 4) is 0 Å². The van der Waals surface area contributed by atoms with Crippen molar-refractivity contribution in [1.29, 1.82) is 0 Å². The highest BCUT2D eigenvalue weighted by Gasteiger charge is 2.14. The number of hydrogen-bond donors (Lipinski definition) is 1. The molecule has 1 atom stereocenters. The van der Waals surface area contributed by atoms with Crippen molar-refractivity contribution in [2.45, 2.75) is 12.8 Å². The van der Waals surface area contributed by atoms with Gasteiger partial charge in [0.1, 0.15) is 0 Å². The average Bonchev–Trinajstić information content (AvgIpc) is 2.16. The number of aliphatic carboxylic acids is 1. The maximum Gasteiger partial charge on any atom is 0.366 e. The zero-order chi connectivity index (χ0) is 10.8. The SMILES string of the molecule is COCCOCCCOC(F)C(=O)O. The Morgan fingerprint density at radius 2 is 2.07 bits per heavy atom. The van der Waals surface area contributed by atoms with E-state index >= 15 is 0 Å². The molecule has 0 aliphatic rings. The topological polar surface area (TPSA) is 65.0 Å². The highest BCUT2D eigenvalue weighted by atomic mass is 19.1. The first-order valence-corrected chi connectivity index (χ1v) is 4.23. The van der Waals surface area contributed by atoms with Gasteiger partial charge in [-0.05, 0) is 6.42 Å². The van der Waals surface area contributed by atoms with Crippen LogP contribution in [0.2, 0.25) is 0 Å². The lowest BCUT2D eigenvalue weighted by atomic mass is 10.5. The molecule has 0 spiro atoms. The number of carbonyl (C=O) groups is 1. The summed E-state index contributed by atoms with van der Waals surface area (Å²) in [4.78, 5) is 9.96. The first kappa shape index (κ1) is 13.3. The molecule has 0 saturated carbocycles. The molecule has 1 N–H and O–H groups in total. The largest absolute Gasteiger partial charge is 0.477 e. The van der Waals surface area contributed by atoms with Crippen LogP contribution in [0.15, 0.2) is 0 Å². The van der Waals surface area contributed by atoms with Crippen molar-refractivity contribution in [3.05, 3.63) is 0 Å². The molecular weight excluding hydrogens is 195 g/mol. The van der Waals surface area contributed by atoms with Crippen LogP contribution in [0.1, 0.15) is 6.42 Å². The van der Waals surface area contributed by atoms with E-state index < -0.39 is 12.3 Å². The Morgan fingerprint density at radius 1 is 1.36 bits per heavy atom. The van der Waals surface area contributed by atoms with Gasteiger partial charge in [0.15, 0.2) is 0 Å². The molecule has 0 aromatic rings. The highest BCUT2D eigenvalue weighted by molar-refractivity contribution is 5.70. The van der Waals surface area contributed by atoms with Gasteiger partial charge in [0, 0.05) is 13.7 Å². The van der Waals surface area contributed by atoms with Crippen molar-refractivity contribution >= 4 is 5.97 Å². The molecule has 0 radical (unpaired) electrons. The lowest BCUT2D eigenvalue weighted by molar-refractivity contribution is -0.163. The summed E-state index contributed by atoms with van der Waals surface area (Å²) in [6, 6.07) is 0. The predicted molar refractivity (Wildman–Crippen MR) is 45.8 cm³/mol. The van der Waals surface area contributed by atoms with Crippen molar-refractivity contribution < 1.29 is 28.5 Å². The molecule has 6 heteroatoms. The Hall–Kier alpha value is -0.720. The summed E-state index contributed by atoms with van der Waals surface area (Å²) in [5.74, 6) is -1.61. The maximum absolute atomic E-state index is 12.3. The van der Waals surface area contributed by atoms with E-state index in [9.17, 15) is 9.18 Å². The van der Waals surface area contributed by atoms with E-state index in [0.29, 0.717) is 26.2 Å². The van der Waals surface area contributed by atoms with E-state index in [4.69, 9.17) is 14.6 Å². The second kappa shape index (κ2) is 8.86. The molecule has 1 unspecified atom stereocenters. The van der Waals surface area contributed by atoms with E-state index in [1.165, 1.54) is 0 Å². The van der Waals surface area contributed by atoms with E-state index in [2.05, 4.69) is 4.74 Å². The minimum atomic E-state index is -2.24. The molecule has 0 aromatic heterocycles. The van der Waals surface area contributed by atoms with Gasteiger partial charge in [0.2, 0.25) is 0 Å². The van der Waals surface area contributed by atoms with E-state index in [-0.39, 0.29) is 6.61 Å². The first-order chi connectivity index (χ1) is 6.68. The average molecular weight is 210 g/mol.